The van der Waals surface area contributed by atoms with E-state index in [1.807, 2.05) is 23.1 Å². The number of halogens is 1. The Balaban J connectivity index is 1.22. The number of nitrogens with zero attached hydrogens (tertiary/aromatic N) is 7. The van der Waals surface area contributed by atoms with Crippen LogP contribution in [0.4, 0.5) is 16.2 Å². The molecule has 31 heavy (non-hydrogen) atoms. The number of likely N-dealkylation sites (tertiary alicyclic amines) is 1. The van der Waals surface area contributed by atoms with Gasteiger partial charge in [0.15, 0.2) is 11.5 Å². The van der Waals surface area contributed by atoms with E-state index in [-0.39, 0.29) is 17.8 Å². The molecule has 2 saturated heterocycles. The van der Waals surface area contributed by atoms with Crippen LogP contribution in [0.5, 0.6) is 0 Å². The minimum atomic E-state index is -1.10. The molecule has 6 heterocycles. The lowest BCUT2D eigenvalue weighted by atomic mass is 10.2. The third kappa shape index (κ3) is 3.15. The average Bonchev–Trinajstić information content (AvgIpc) is 3.43. The Morgan fingerprint density at radius 3 is 2.87 bits per heavy atom. The molecule has 11 nitrogen and oxygen atoms in total. The van der Waals surface area contributed by atoms with Crippen LogP contribution in [0.25, 0.3) is 22.4 Å². The van der Waals surface area contributed by atoms with Crippen molar-refractivity contribution in [3.8, 4) is 11.3 Å². The fraction of sp³-hybridized carbons (Fsp3) is 0.368. The van der Waals surface area contributed by atoms with Crippen molar-refractivity contribution in [1.29, 1.82) is 0 Å². The standard InChI is InChI=1S/C19H20FN9O2/c20-13-7-27(11-9-30-10-11)8-15(13)31-26-19-23-18(21)17-12(3-5-29(17)25-19)14-1-2-16-22-4-6-28(16)24-14/h1-6,11,13,15H,7-10H2,(H3,21,23,25,26)/t13-,15+/m0/s1. The Morgan fingerprint density at radius 2 is 2.03 bits per heavy atom. The fourth-order valence-electron chi connectivity index (χ4n) is 3.99. The van der Waals surface area contributed by atoms with E-state index >= 15 is 0 Å². The number of anilines is 2. The Kier molecular flexibility index (Phi) is 4.23. The summed E-state index contributed by atoms with van der Waals surface area (Å²) in [5.74, 6) is 0.410. The molecule has 0 radical (unpaired) electrons. The number of rotatable bonds is 5. The summed E-state index contributed by atoms with van der Waals surface area (Å²) in [7, 11) is 0. The van der Waals surface area contributed by atoms with Crippen molar-refractivity contribution in [1.82, 2.24) is 34.1 Å². The van der Waals surface area contributed by atoms with Crippen LogP contribution in [0.3, 0.4) is 0 Å². The normalized spacial score (nSPS) is 22.4. The fourth-order valence-corrected chi connectivity index (χ4v) is 3.99. The number of nitrogen functional groups attached to an aromatic ring is 1. The third-order valence-electron chi connectivity index (χ3n) is 5.73. The molecule has 0 aliphatic carbocycles. The van der Waals surface area contributed by atoms with Gasteiger partial charge in [0.2, 0.25) is 0 Å². The predicted molar refractivity (Wildman–Crippen MR) is 109 cm³/mol. The molecule has 0 unspecified atom stereocenters. The van der Waals surface area contributed by atoms with Gasteiger partial charge in [-0.25, -0.2) is 23.9 Å². The molecular formula is C19H20FN9O2. The lowest BCUT2D eigenvalue weighted by Gasteiger charge is -2.34. The maximum Gasteiger partial charge on any atom is 0.266 e. The van der Waals surface area contributed by atoms with E-state index in [1.165, 1.54) is 0 Å². The van der Waals surface area contributed by atoms with Crippen molar-refractivity contribution in [3.63, 3.8) is 0 Å². The molecule has 0 spiro atoms. The summed E-state index contributed by atoms with van der Waals surface area (Å²) in [5, 5.41) is 8.94. The molecule has 4 aromatic heterocycles. The lowest BCUT2D eigenvalue weighted by Crippen LogP contribution is -2.48. The molecule has 6 rings (SSSR count). The van der Waals surface area contributed by atoms with Gasteiger partial charge in [0.25, 0.3) is 5.95 Å². The Hall–Kier alpha value is -3.35. The van der Waals surface area contributed by atoms with E-state index in [1.54, 1.807) is 27.6 Å². The van der Waals surface area contributed by atoms with Gasteiger partial charge < -0.3 is 10.5 Å². The molecule has 3 N–H and O–H groups in total. The Bertz CT molecular complexity index is 1250. The van der Waals surface area contributed by atoms with Gasteiger partial charge in [-0.1, -0.05) is 0 Å². The second kappa shape index (κ2) is 7.11. The van der Waals surface area contributed by atoms with Crippen molar-refractivity contribution >= 4 is 22.9 Å². The summed E-state index contributed by atoms with van der Waals surface area (Å²) in [5.41, 5.74) is 11.8. The number of imidazole rings is 1. The molecule has 2 atom stereocenters. The summed E-state index contributed by atoms with van der Waals surface area (Å²) in [6.45, 7) is 2.09. The molecule has 160 valence electrons. The SMILES string of the molecule is Nc1nc(NO[C@@H]2CN(C3COC3)C[C@@H]2F)nn2ccc(-c3ccc4nccn4n3)c12. The van der Waals surface area contributed by atoms with Crippen molar-refractivity contribution in [2.24, 2.45) is 0 Å². The largest absolute Gasteiger partial charge is 0.382 e. The Labute approximate surface area is 175 Å². The highest BCUT2D eigenvalue weighted by Crippen LogP contribution is 2.28. The van der Waals surface area contributed by atoms with Crippen molar-refractivity contribution < 1.29 is 14.0 Å². The number of aromatic nitrogens is 6. The average molecular weight is 425 g/mol. The van der Waals surface area contributed by atoms with Crippen LogP contribution in [0.2, 0.25) is 0 Å². The number of ether oxygens (including phenoxy) is 1. The molecule has 2 aliphatic heterocycles. The molecule has 0 amide bonds. The number of alkyl halides is 1. The first-order valence-corrected chi connectivity index (χ1v) is 9.99. The zero-order valence-corrected chi connectivity index (χ0v) is 16.4. The van der Waals surface area contributed by atoms with Crippen molar-refractivity contribution in [2.75, 3.05) is 37.5 Å². The lowest BCUT2D eigenvalue weighted by molar-refractivity contribution is -0.0611. The zero-order valence-electron chi connectivity index (χ0n) is 16.4. The number of hydrogen-bond donors (Lipinski definition) is 2. The second-order valence-electron chi connectivity index (χ2n) is 7.71. The van der Waals surface area contributed by atoms with Crippen LogP contribution in [-0.2, 0) is 9.57 Å². The molecule has 2 aliphatic rings. The monoisotopic (exact) mass is 425 g/mol. The summed E-state index contributed by atoms with van der Waals surface area (Å²) in [6.07, 6.45) is 3.50. The molecule has 0 bridgehead atoms. The first-order chi connectivity index (χ1) is 15.2. The molecule has 0 saturated carbocycles. The number of hydrogen-bond acceptors (Lipinski definition) is 9. The van der Waals surface area contributed by atoms with Crippen molar-refractivity contribution in [2.45, 2.75) is 18.3 Å². The third-order valence-corrected chi connectivity index (χ3v) is 5.73. The van der Waals surface area contributed by atoms with Crippen LogP contribution < -0.4 is 11.2 Å². The summed E-state index contributed by atoms with van der Waals surface area (Å²) in [6, 6.07) is 5.87. The van der Waals surface area contributed by atoms with Crippen LogP contribution in [-0.4, -0.2) is 78.7 Å². The molecule has 0 aromatic carbocycles. The van der Waals surface area contributed by atoms with Gasteiger partial charge in [-0.3, -0.25) is 9.74 Å². The summed E-state index contributed by atoms with van der Waals surface area (Å²) in [4.78, 5) is 16.1. The minimum absolute atomic E-state index is 0.155. The van der Waals surface area contributed by atoms with Gasteiger partial charge in [0, 0.05) is 37.2 Å². The highest BCUT2D eigenvalue weighted by molar-refractivity contribution is 5.86. The predicted octanol–water partition coefficient (Wildman–Crippen LogP) is 0.786. The molecule has 2 fully saturated rings. The highest BCUT2D eigenvalue weighted by Gasteiger charge is 2.40. The zero-order chi connectivity index (χ0) is 20.9. The van der Waals surface area contributed by atoms with E-state index in [9.17, 15) is 4.39 Å². The molecular weight excluding hydrogens is 405 g/mol. The van der Waals surface area contributed by atoms with Gasteiger partial charge in [-0.2, -0.15) is 10.1 Å². The topological polar surface area (TPSA) is 120 Å². The van der Waals surface area contributed by atoms with Gasteiger partial charge in [0.1, 0.15) is 17.8 Å². The maximum atomic E-state index is 14.3. The van der Waals surface area contributed by atoms with Gasteiger partial charge >= 0.3 is 0 Å². The van der Waals surface area contributed by atoms with Gasteiger partial charge in [-0.15, -0.1) is 5.10 Å². The first-order valence-electron chi connectivity index (χ1n) is 9.99. The second-order valence-corrected chi connectivity index (χ2v) is 7.71. The smallest absolute Gasteiger partial charge is 0.266 e. The van der Waals surface area contributed by atoms with Crippen LogP contribution >= 0.6 is 0 Å². The summed E-state index contributed by atoms with van der Waals surface area (Å²) >= 11 is 0. The quantitative estimate of drug-likeness (QED) is 0.447. The van der Waals surface area contributed by atoms with E-state index in [4.69, 9.17) is 15.3 Å². The summed E-state index contributed by atoms with van der Waals surface area (Å²) < 4.78 is 22.8. The van der Waals surface area contributed by atoms with E-state index in [2.05, 4.69) is 25.6 Å². The molecule has 4 aromatic rings. The van der Waals surface area contributed by atoms with Crippen LogP contribution in [0, 0.1) is 0 Å². The van der Waals surface area contributed by atoms with Crippen LogP contribution in [0.15, 0.2) is 36.8 Å². The highest BCUT2D eigenvalue weighted by atomic mass is 19.1. The number of nitrogens with two attached hydrogens (primary N) is 1. The van der Waals surface area contributed by atoms with E-state index in [0.717, 1.165) is 11.2 Å². The van der Waals surface area contributed by atoms with Gasteiger partial charge in [-0.05, 0) is 18.2 Å². The molecule has 12 heteroatoms. The first kappa shape index (κ1) is 18.4. The van der Waals surface area contributed by atoms with Gasteiger partial charge in [0.05, 0.1) is 24.9 Å². The minimum Gasteiger partial charge on any atom is -0.382 e. The van der Waals surface area contributed by atoms with E-state index in [0.29, 0.717) is 37.5 Å². The van der Waals surface area contributed by atoms with Crippen molar-refractivity contribution in [3.05, 3.63) is 36.8 Å². The number of nitrogens with one attached hydrogen (secondary N) is 1. The maximum absolute atomic E-state index is 14.3. The van der Waals surface area contributed by atoms with Crippen LogP contribution in [0.1, 0.15) is 0 Å². The number of fused-ring (bicyclic) bond motifs is 2. The van der Waals surface area contributed by atoms with E-state index < -0.39 is 12.3 Å². The Morgan fingerprint density at radius 1 is 1.13 bits per heavy atom.